The summed E-state index contributed by atoms with van der Waals surface area (Å²) in [4.78, 5) is 2.19. The highest BCUT2D eigenvalue weighted by atomic mass is 16.4. The molecule has 1 unspecified atom stereocenters. The summed E-state index contributed by atoms with van der Waals surface area (Å²) in [5.74, 6) is 0.282. The van der Waals surface area contributed by atoms with Crippen LogP contribution >= 0.6 is 0 Å². The average molecular weight is 245 g/mol. The minimum absolute atomic E-state index is 0.244. The topological polar surface area (TPSA) is 82.1 Å². The van der Waals surface area contributed by atoms with E-state index in [1.54, 1.807) is 6.92 Å². The van der Waals surface area contributed by atoms with E-state index < -0.39 is 0 Å². The molecule has 0 bridgehead atoms. The van der Waals surface area contributed by atoms with Gasteiger partial charge in [-0.25, -0.2) is 0 Å². The minimum Gasteiger partial charge on any atom is -0.409 e. The van der Waals surface area contributed by atoms with Crippen molar-refractivity contribution in [2.75, 3.05) is 20.1 Å². The van der Waals surface area contributed by atoms with Gasteiger partial charge in [0.15, 0.2) is 0 Å². The first-order valence-corrected chi connectivity index (χ1v) is 6.14. The molecule has 0 saturated heterocycles. The molecule has 0 radical (unpaired) electrons. The molecule has 0 aliphatic carbocycles. The number of nitrogens with two attached hydrogens (primary N) is 1. The van der Waals surface area contributed by atoms with Crippen LogP contribution < -0.4 is 5.73 Å². The Bertz CT molecular complexity index is 240. The lowest BCUT2D eigenvalue weighted by Crippen LogP contribution is -2.33. The molecule has 0 aromatic heterocycles. The fourth-order valence-electron chi connectivity index (χ4n) is 1.57. The molecular weight excluding hydrogens is 218 g/mol. The van der Waals surface area contributed by atoms with Crippen LogP contribution in [0.4, 0.5) is 0 Å². The zero-order valence-electron chi connectivity index (χ0n) is 11.5. The summed E-state index contributed by atoms with van der Waals surface area (Å²) in [6, 6.07) is 0. The molecule has 0 aliphatic rings. The number of aliphatic hydroxyl groups excluding tert-OH is 1. The highest BCUT2D eigenvalue weighted by molar-refractivity contribution is 5.85. The van der Waals surface area contributed by atoms with Crippen LogP contribution in [0.15, 0.2) is 5.16 Å². The summed E-state index contributed by atoms with van der Waals surface area (Å²) in [6.07, 6.45) is 2.41. The quantitative estimate of drug-likeness (QED) is 0.260. The maximum atomic E-state index is 9.17. The molecule has 0 aromatic rings. The first-order valence-electron chi connectivity index (χ1n) is 6.14. The molecule has 0 saturated carbocycles. The van der Waals surface area contributed by atoms with Gasteiger partial charge in [0.2, 0.25) is 0 Å². The van der Waals surface area contributed by atoms with E-state index in [0.29, 0.717) is 0 Å². The van der Waals surface area contributed by atoms with Gasteiger partial charge in [0, 0.05) is 12.0 Å². The van der Waals surface area contributed by atoms with Gasteiger partial charge in [-0.15, -0.1) is 0 Å². The van der Waals surface area contributed by atoms with Gasteiger partial charge >= 0.3 is 0 Å². The average Bonchev–Trinajstić information content (AvgIpc) is 2.24. The molecule has 0 amide bonds. The van der Waals surface area contributed by atoms with Crippen LogP contribution in [-0.4, -0.2) is 47.3 Å². The van der Waals surface area contributed by atoms with Gasteiger partial charge in [-0.05, 0) is 39.8 Å². The highest BCUT2D eigenvalue weighted by Gasteiger charge is 2.22. The van der Waals surface area contributed by atoms with Crippen molar-refractivity contribution in [3.63, 3.8) is 0 Å². The number of hydrogen-bond acceptors (Lipinski definition) is 4. The van der Waals surface area contributed by atoms with Crippen molar-refractivity contribution in [2.24, 2.45) is 16.3 Å². The molecule has 4 N–H and O–H groups in total. The van der Waals surface area contributed by atoms with Gasteiger partial charge in [-0.1, -0.05) is 19.0 Å². The van der Waals surface area contributed by atoms with Crippen molar-refractivity contribution in [1.82, 2.24) is 4.90 Å². The van der Waals surface area contributed by atoms with Crippen molar-refractivity contribution >= 4 is 5.84 Å². The third-order valence-electron chi connectivity index (χ3n) is 3.07. The molecule has 102 valence electrons. The van der Waals surface area contributed by atoms with Crippen LogP contribution in [0.2, 0.25) is 0 Å². The Morgan fingerprint density at radius 3 is 2.47 bits per heavy atom. The summed E-state index contributed by atoms with van der Waals surface area (Å²) < 4.78 is 0. The number of oxime groups is 1. The predicted molar refractivity (Wildman–Crippen MR) is 70.2 cm³/mol. The number of amidine groups is 1. The zero-order valence-corrected chi connectivity index (χ0v) is 11.5. The largest absolute Gasteiger partial charge is 0.409 e. The van der Waals surface area contributed by atoms with Gasteiger partial charge < -0.3 is 20.9 Å². The van der Waals surface area contributed by atoms with E-state index >= 15 is 0 Å². The summed E-state index contributed by atoms with van der Waals surface area (Å²) >= 11 is 0. The van der Waals surface area contributed by atoms with Crippen molar-refractivity contribution < 1.29 is 10.3 Å². The van der Waals surface area contributed by atoms with Crippen molar-refractivity contribution in [3.8, 4) is 0 Å². The van der Waals surface area contributed by atoms with E-state index in [9.17, 15) is 5.11 Å². The van der Waals surface area contributed by atoms with Crippen LogP contribution in [0.25, 0.3) is 0 Å². The molecule has 17 heavy (non-hydrogen) atoms. The molecule has 0 fully saturated rings. The lowest BCUT2D eigenvalue weighted by molar-refractivity contribution is 0.163. The normalized spacial score (nSPS) is 15.3. The Morgan fingerprint density at radius 1 is 1.41 bits per heavy atom. The van der Waals surface area contributed by atoms with E-state index in [1.807, 2.05) is 20.9 Å². The lowest BCUT2D eigenvalue weighted by Gasteiger charge is -2.24. The first kappa shape index (κ1) is 16.2. The predicted octanol–water partition coefficient (Wildman–Crippen LogP) is 1.24. The van der Waals surface area contributed by atoms with Gasteiger partial charge in [0.05, 0.1) is 6.10 Å². The summed E-state index contributed by atoms with van der Waals surface area (Å²) in [5.41, 5.74) is 5.36. The van der Waals surface area contributed by atoms with Crippen LogP contribution in [0, 0.1) is 5.41 Å². The summed E-state index contributed by atoms with van der Waals surface area (Å²) in [6.45, 7) is 7.58. The fraction of sp³-hybridized carbons (Fsp3) is 0.917. The molecule has 0 spiro atoms. The lowest BCUT2D eigenvalue weighted by atomic mass is 9.86. The second-order valence-electron chi connectivity index (χ2n) is 5.41. The number of hydrogen-bond donors (Lipinski definition) is 3. The van der Waals surface area contributed by atoms with Crippen LogP contribution in [-0.2, 0) is 0 Å². The van der Waals surface area contributed by atoms with E-state index in [1.165, 1.54) is 0 Å². The van der Waals surface area contributed by atoms with E-state index in [4.69, 9.17) is 10.9 Å². The van der Waals surface area contributed by atoms with Crippen molar-refractivity contribution in [3.05, 3.63) is 0 Å². The van der Waals surface area contributed by atoms with Crippen LogP contribution in [0.1, 0.15) is 40.0 Å². The highest BCUT2D eigenvalue weighted by Crippen LogP contribution is 2.22. The van der Waals surface area contributed by atoms with Gasteiger partial charge in [0.25, 0.3) is 0 Å². The maximum absolute atomic E-state index is 9.17. The van der Waals surface area contributed by atoms with Crippen molar-refractivity contribution in [2.45, 2.75) is 46.1 Å². The van der Waals surface area contributed by atoms with E-state index in [2.05, 4.69) is 10.1 Å². The Morgan fingerprint density at radius 2 is 2.00 bits per heavy atom. The van der Waals surface area contributed by atoms with Gasteiger partial charge in [-0.3, -0.25) is 0 Å². The van der Waals surface area contributed by atoms with E-state index in [-0.39, 0.29) is 17.4 Å². The number of aliphatic hydroxyl groups is 1. The third kappa shape index (κ3) is 7.18. The Balaban J connectivity index is 3.83. The number of rotatable bonds is 8. The van der Waals surface area contributed by atoms with Gasteiger partial charge in [-0.2, -0.15) is 0 Å². The molecule has 0 rings (SSSR count). The van der Waals surface area contributed by atoms with Crippen LogP contribution in [0.3, 0.4) is 0 Å². The van der Waals surface area contributed by atoms with E-state index in [0.717, 1.165) is 32.4 Å². The summed E-state index contributed by atoms with van der Waals surface area (Å²) in [7, 11) is 2.04. The standard InChI is InChI=1S/C12H27N3O2/c1-10(16)6-9-15(4)8-5-7-12(2,3)11(13)14-17/h10,16-17H,5-9H2,1-4H3,(H2,13,14). The Hall–Kier alpha value is -0.810. The molecule has 0 aliphatic heterocycles. The monoisotopic (exact) mass is 245 g/mol. The van der Waals surface area contributed by atoms with Gasteiger partial charge in [0.1, 0.15) is 5.84 Å². The Labute approximate surface area is 104 Å². The SMILES string of the molecule is CC(O)CCN(C)CCCC(C)(C)C(N)=NO. The zero-order chi connectivity index (χ0) is 13.5. The molecule has 5 heteroatoms. The smallest absolute Gasteiger partial charge is 0.144 e. The fourth-order valence-corrected chi connectivity index (χ4v) is 1.57. The molecule has 5 nitrogen and oxygen atoms in total. The molecule has 0 heterocycles. The summed E-state index contributed by atoms with van der Waals surface area (Å²) in [5, 5.41) is 20.9. The molecular formula is C12H27N3O2. The van der Waals surface area contributed by atoms with Crippen molar-refractivity contribution in [1.29, 1.82) is 0 Å². The first-order chi connectivity index (χ1) is 7.79. The minimum atomic E-state index is -0.264. The third-order valence-corrected chi connectivity index (χ3v) is 3.07. The Kier molecular flexibility index (Phi) is 7.15. The molecule has 1 atom stereocenters. The molecule has 0 aromatic carbocycles. The second kappa shape index (κ2) is 7.50. The second-order valence-corrected chi connectivity index (χ2v) is 5.41. The maximum Gasteiger partial charge on any atom is 0.144 e. The van der Waals surface area contributed by atoms with Crippen LogP contribution in [0.5, 0.6) is 0 Å². The number of nitrogens with zero attached hydrogens (tertiary/aromatic N) is 2.